The van der Waals surface area contributed by atoms with Crippen LogP contribution in [0, 0.1) is 5.92 Å². The number of nitrogens with zero attached hydrogens (tertiary/aromatic N) is 2. The number of rotatable bonds is 8. The Morgan fingerprint density at radius 2 is 1.88 bits per heavy atom. The summed E-state index contributed by atoms with van der Waals surface area (Å²) in [6, 6.07) is 9.65. The maximum atomic E-state index is 12.3. The van der Waals surface area contributed by atoms with E-state index < -0.39 is 10.0 Å². The third kappa shape index (κ3) is 6.07. The van der Waals surface area contributed by atoms with Crippen molar-refractivity contribution in [3.63, 3.8) is 0 Å². The van der Waals surface area contributed by atoms with E-state index in [-0.39, 0.29) is 30.2 Å². The molecule has 1 amide bonds. The SMILES string of the molecule is CN(CC(=O)N[C@H]1COC[C@H]1CS(=O)(=O)N(C)C)Cc1ccccc1. The van der Waals surface area contributed by atoms with Crippen molar-refractivity contribution in [2.75, 3.05) is 46.7 Å². The molecule has 0 aliphatic carbocycles. The molecule has 0 bridgehead atoms. The minimum atomic E-state index is -3.32. The average Bonchev–Trinajstić information content (AvgIpc) is 2.94. The number of nitrogens with one attached hydrogen (secondary N) is 1. The Morgan fingerprint density at radius 3 is 2.52 bits per heavy atom. The number of amides is 1. The van der Waals surface area contributed by atoms with Crippen molar-refractivity contribution in [3.05, 3.63) is 35.9 Å². The first-order valence-corrected chi connectivity index (χ1v) is 9.88. The van der Waals surface area contributed by atoms with E-state index in [1.165, 1.54) is 18.4 Å². The first-order valence-electron chi connectivity index (χ1n) is 8.27. The molecule has 0 saturated carbocycles. The average molecular weight is 369 g/mol. The monoisotopic (exact) mass is 369 g/mol. The Balaban J connectivity index is 1.84. The fourth-order valence-corrected chi connectivity index (χ4v) is 3.96. The summed E-state index contributed by atoms with van der Waals surface area (Å²) in [7, 11) is 1.58. The number of likely N-dealkylation sites (N-methyl/N-ethyl adjacent to an activating group) is 1. The van der Waals surface area contributed by atoms with Crippen molar-refractivity contribution < 1.29 is 17.9 Å². The molecule has 140 valence electrons. The molecule has 1 saturated heterocycles. The zero-order valence-corrected chi connectivity index (χ0v) is 15.8. The van der Waals surface area contributed by atoms with Crippen molar-refractivity contribution in [3.8, 4) is 0 Å². The van der Waals surface area contributed by atoms with Crippen molar-refractivity contribution in [2.45, 2.75) is 12.6 Å². The van der Waals surface area contributed by atoms with E-state index in [0.29, 0.717) is 19.8 Å². The molecule has 0 unspecified atom stereocenters. The van der Waals surface area contributed by atoms with Gasteiger partial charge in [0.1, 0.15) is 0 Å². The first kappa shape index (κ1) is 19.8. The fraction of sp³-hybridized carbons (Fsp3) is 0.588. The smallest absolute Gasteiger partial charge is 0.234 e. The number of ether oxygens (including phenoxy) is 1. The van der Waals surface area contributed by atoms with Gasteiger partial charge in [0.05, 0.1) is 31.6 Å². The maximum absolute atomic E-state index is 12.3. The molecule has 1 N–H and O–H groups in total. The number of carbonyl (C=O) groups excluding carboxylic acids is 1. The Hall–Kier alpha value is -1.48. The number of hydrogen-bond donors (Lipinski definition) is 1. The van der Waals surface area contributed by atoms with Crippen LogP contribution in [-0.2, 0) is 26.1 Å². The van der Waals surface area contributed by atoms with Gasteiger partial charge in [-0.1, -0.05) is 30.3 Å². The predicted molar refractivity (Wildman–Crippen MR) is 96.5 cm³/mol. The molecule has 0 spiro atoms. The van der Waals surface area contributed by atoms with Gasteiger partial charge in [0.25, 0.3) is 0 Å². The van der Waals surface area contributed by atoms with E-state index in [1.807, 2.05) is 42.3 Å². The van der Waals surface area contributed by atoms with Gasteiger partial charge in [-0.25, -0.2) is 12.7 Å². The van der Waals surface area contributed by atoms with Gasteiger partial charge in [0, 0.05) is 26.6 Å². The molecule has 1 aromatic rings. The van der Waals surface area contributed by atoms with Crippen molar-refractivity contribution in [1.29, 1.82) is 0 Å². The van der Waals surface area contributed by atoms with Crippen LogP contribution in [0.5, 0.6) is 0 Å². The molecule has 7 nitrogen and oxygen atoms in total. The van der Waals surface area contributed by atoms with Crippen LogP contribution in [0.2, 0.25) is 0 Å². The summed E-state index contributed by atoms with van der Waals surface area (Å²) in [5.41, 5.74) is 1.14. The van der Waals surface area contributed by atoms with Crippen LogP contribution >= 0.6 is 0 Å². The Kier molecular flexibility index (Phi) is 6.95. The van der Waals surface area contributed by atoms with Gasteiger partial charge in [-0.2, -0.15) is 0 Å². The lowest BCUT2D eigenvalue weighted by molar-refractivity contribution is -0.123. The highest BCUT2D eigenvalue weighted by atomic mass is 32.2. The van der Waals surface area contributed by atoms with E-state index in [0.717, 1.165) is 5.56 Å². The fourth-order valence-electron chi connectivity index (χ4n) is 2.79. The molecule has 8 heteroatoms. The molecule has 1 aromatic carbocycles. The second-order valence-corrected chi connectivity index (χ2v) is 8.92. The largest absolute Gasteiger partial charge is 0.379 e. The number of benzene rings is 1. The van der Waals surface area contributed by atoms with E-state index in [1.54, 1.807) is 0 Å². The maximum Gasteiger partial charge on any atom is 0.234 e. The highest BCUT2D eigenvalue weighted by Crippen LogP contribution is 2.17. The van der Waals surface area contributed by atoms with Crippen molar-refractivity contribution in [2.24, 2.45) is 5.92 Å². The molecule has 1 aliphatic rings. The molecule has 1 heterocycles. The molecule has 1 aliphatic heterocycles. The van der Waals surface area contributed by atoms with Gasteiger partial charge >= 0.3 is 0 Å². The lowest BCUT2D eigenvalue weighted by Gasteiger charge is -2.22. The van der Waals surface area contributed by atoms with Crippen molar-refractivity contribution in [1.82, 2.24) is 14.5 Å². The summed E-state index contributed by atoms with van der Waals surface area (Å²) < 4.78 is 30.7. The summed E-state index contributed by atoms with van der Waals surface area (Å²) in [5, 5.41) is 2.92. The van der Waals surface area contributed by atoms with E-state index >= 15 is 0 Å². The Labute approximate surface area is 150 Å². The molecule has 0 aromatic heterocycles. The van der Waals surface area contributed by atoms with Crippen molar-refractivity contribution >= 4 is 15.9 Å². The van der Waals surface area contributed by atoms with Crippen LogP contribution in [0.15, 0.2) is 30.3 Å². The van der Waals surface area contributed by atoms with Crippen LogP contribution in [-0.4, -0.2) is 76.2 Å². The number of hydrogen-bond acceptors (Lipinski definition) is 5. The summed E-state index contributed by atoms with van der Waals surface area (Å²) >= 11 is 0. The molecular weight excluding hydrogens is 342 g/mol. The van der Waals surface area contributed by atoms with E-state index in [4.69, 9.17) is 4.74 Å². The second-order valence-electron chi connectivity index (χ2n) is 6.69. The number of carbonyl (C=O) groups is 1. The summed E-state index contributed by atoms with van der Waals surface area (Å²) in [6.45, 7) is 1.62. The first-order chi connectivity index (χ1) is 11.8. The highest BCUT2D eigenvalue weighted by Gasteiger charge is 2.34. The molecule has 25 heavy (non-hydrogen) atoms. The van der Waals surface area contributed by atoms with Crippen LogP contribution in [0.1, 0.15) is 5.56 Å². The molecule has 2 rings (SSSR count). The lowest BCUT2D eigenvalue weighted by atomic mass is 10.1. The van der Waals surface area contributed by atoms with E-state index in [2.05, 4.69) is 5.32 Å². The quantitative estimate of drug-likeness (QED) is 0.705. The topological polar surface area (TPSA) is 79.0 Å². The summed E-state index contributed by atoms with van der Waals surface area (Å²) in [6.07, 6.45) is 0. The third-order valence-electron chi connectivity index (χ3n) is 4.23. The second kappa shape index (κ2) is 8.75. The van der Waals surface area contributed by atoms with E-state index in [9.17, 15) is 13.2 Å². The minimum Gasteiger partial charge on any atom is -0.379 e. The highest BCUT2D eigenvalue weighted by molar-refractivity contribution is 7.89. The van der Waals surface area contributed by atoms with Gasteiger partial charge < -0.3 is 10.1 Å². The molecule has 0 radical (unpaired) electrons. The van der Waals surface area contributed by atoms with Gasteiger partial charge in [0.15, 0.2) is 0 Å². The molecule has 2 atom stereocenters. The van der Waals surface area contributed by atoms with Gasteiger partial charge in [-0.15, -0.1) is 0 Å². The molecule has 1 fully saturated rings. The standard InChI is InChI=1S/C17H27N3O4S/c1-19(2)25(22,23)13-15-11-24-12-16(15)18-17(21)10-20(3)9-14-7-5-4-6-8-14/h4-8,15-16H,9-13H2,1-3H3,(H,18,21)/t15-,16-/m0/s1. The normalized spacial score (nSPS) is 21.0. The third-order valence-corrected chi connectivity index (χ3v) is 6.20. The van der Waals surface area contributed by atoms with Crippen LogP contribution in [0.25, 0.3) is 0 Å². The zero-order chi connectivity index (χ0) is 18.4. The lowest BCUT2D eigenvalue weighted by Crippen LogP contribution is -2.46. The van der Waals surface area contributed by atoms with Crippen LogP contribution in [0.4, 0.5) is 0 Å². The Morgan fingerprint density at radius 1 is 1.20 bits per heavy atom. The summed E-state index contributed by atoms with van der Waals surface area (Å²) in [4.78, 5) is 14.2. The van der Waals surface area contributed by atoms with Gasteiger partial charge in [0.2, 0.25) is 15.9 Å². The number of sulfonamides is 1. The van der Waals surface area contributed by atoms with Gasteiger partial charge in [-0.05, 0) is 12.6 Å². The minimum absolute atomic E-state index is 0.0230. The zero-order valence-electron chi connectivity index (χ0n) is 15.0. The Bertz CT molecular complexity index is 664. The predicted octanol–water partition coefficient (Wildman–Crippen LogP) is 0.141. The summed E-state index contributed by atoms with van der Waals surface area (Å²) in [5.74, 6) is -0.373. The molecular formula is C17H27N3O4S. The van der Waals surface area contributed by atoms with Crippen LogP contribution < -0.4 is 5.32 Å². The van der Waals surface area contributed by atoms with Crippen LogP contribution in [0.3, 0.4) is 0 Å². The van der Waals surface area contributed by atoms with Gasteiger partial charge in [-0.3, -0.25) is 9.69 Å².